The molecule has 2 aliphatic rings. The molecule has 0 unspecified atom stereocenters. The lowest BCUT2D eigenvalue weighted by atomic mass is 9.85. The normalized spacial score (nSPS) is 24.3. The van der Waals surface area contributed by atoms with Crippen LogP contribution >= 0.6 is 0 Å². The van der Waals surface area contributed by atoms with Gasteiger partial charge >= 0.3 is 5.97 Å². The van der Waals surface area contributed by atoms with Crippen LogP contribution in [0.4, 0.5) is 0 Å². The van der Waals surface area contributed by atoms with Crippen molar-refractivity contribution in [1.29, 1.82) is 0 Å². The van der Waals surface area contributed by atoms with Gasteiger partial charge in [0.05, 0.1) is 6.42 Å². The lowest BCUT2D eigenvalue weighted by Crippen LogP contribution is -2.39. The van der Waals surface area contributed by atoms with E-state index in [1.807, 2.05) is 35.2 Å². The zero-order valence-corrected chi connectivity index (χ0v) is 13.3. The number of carboxylic acid groups (broad SMARTS) is 1. The van der Waals surface area contributed by atoms with Crippen molar-refractivity contribution < 1.29 is 14.7 Å². The topological polar surface area (TPSA) is 57.6 Å². The van der Waals surface area contributed by atoms with Gasteiger partial charge in [-0.3, -0.25) is 4.79 Å². The van der Waals surface area contributed by atoms with Crippen molar-refractivity contribution in [3.63, 3.8) is 0 Å². The number of aliphatic carboxylic acids is 1. The number of carbonyl (C=O) groups is 2. The highest BCUT2D eigenvalue weighted by Crippen LogP contribution is 2.36. The molecule has 1 heterocycles. The molecule has 2 atom stereocenters. The molecule has 1 aromatic carbocycles. The van der Waals surface area contributed by atoms with Crippen molar-refractivity contribution in [2.75, 3.05) is 6.54 Å². The van der Waals surface area contributed by atoms with E-state index >= 15 is 0 Å². The highest BCUT2D eigenvalue weighted by Gasteiger charge is 2.38. The van der Waals surface area contributed by atoms with Crippen LogP contribution in [0.3, 0.4) is 0 Å². The average molecular weight is 313 g/mol. The fourth-order valence-corrected chi connectivity index (χ4v) is 3.92. The molecule has 3 rings (SSSR count). The minimum Gasteiger partial charge on any atom is -0.478 e. The molecule has 23 heavy (non-hydrogen) atoms. The van der Waals surface area contributed by atoms with Crippen LogP contribution in [0.25, 0.3) is 6.08 Å². The highest BCUT2D eigenvalue weighted by molar-refractivity contribution is 5.98. The Hall–Kier alpha value is -2.10. The largest absolute Gasteiger partial charge is 0.478 e. The number of likely N-dealkylation sites (tertiary alicyclic amines) is 1. The number of rotatable bonds is 4. The Kier molecular flexibility index (Phi) is 4.79. The van der Waals surface area contributed by atoms with Crippen LogP contribution in [-0.4, -0.2) is 34.5 Å². The summed E-state index contributed by atoms with van der Waals surface area (Å²) in [5.41, 5.74) is 0.982. The molecule has 0 spiro atoms. The third-order valence-corrected chi connectivity index (χ3v) is 5.09. The number of hydrogen-bond donors (Lipinski definition) is 1. The first-order valence-corrected chi connectivity index (χ1v) is 8.43. The van der Waals surface area contributed by atoms with Crippen LogP contribution < -0.4 is 0 Å². The smallest absolute Gasteiger partial charge is 0.332 e. The van der Waals surface area contributed by atoms with Crippen molar-refractivity contribution in [2.45, 2.75) is 44.6 Å². The van der Waals surface area contributed by atoms with E-state index in [0.717, 1.165) is 24.9 Å². The SMILES string of the molecule is O=C(O)C(=Cc1ccccc1)CC(=O)N1CC[C@H]2CCCC[C@@H]21. The number of benzene rings is 1. The zero-order valence-electron chi connectivity index (χ0n) is 13.3. The maximum atomic E-state index is 12.6. The quantitative estimate of drug-likeness (QED) is 0.867. The van der Waals surface area contributed by atoms with Gasteiger partial charge in [0.15, 0.2) is 0 Å². The molecule has 4 heteroatoms. The monoisotopic (exact) mass is 313 g/mol. The van der Waals surface area contributed by atoms with E-state index < -0.39 is 5.97 Å². The van der Waals surface area contributed by atoms with E-state index in [-0.39, 0.29) is 17.9 Å². The number of carboxylic acids is 1. The first kappa shape index (κ1) is 15.8. The number of amides is 1. The Bertz CT molecular complexity index is 608. The van der Waals surface area contributed by atoms with E-state index in [1.165, 1.54) is 19.3 Å². The molecule has 1 aliphatic heterocycles. The van der Waals surface area contributed by atoms with Crippen molar-refractivity contribution in [3.05, 3.63) is 41.5 Å². The summed E-state index contributed by atoms with van der Waals surface area (Å²) >= 11 is 0. The Labute approximate surface area is 136 Å². The van der Waals surface area contributed by atoms with Crippen molar-refractivity contribution in [3.8, 4) is 0 Å². The van der Waals surface area contributed by atoms with Gasteiger partial charge in [-0.05, 0) is 36.8 Å². The van der Waals surface area contributed by atoms with Crippen LogP contribution in [-0.2, 0) is 9.59 Å². The molecule has 0 bridgehead atoms. The summed E-state index contributed by atoms with van der Waals surface area (Å²) in [5.74, 6) is -0.426. The number of hydrogen-bond acceptors (Lipinski definition) is 2. The fraction of sp³-hybridized carbons (Fsp3) is 0.474. The summed E-state index contributed by atoms with van der Waals surface area (Å²) in [5, 5.41) is 9.42. The molecular weight excluding hydrogens is 290 g/mol. The Morgan fingerprint density at radius 2 is 1.87 bits per heavy atom. The van der Waals surface area contributed by atoms with Crippen LogP contribution in [0, 0.1) is 5.92 Å². The molecule has 122 valence electrons. The molecular formula is C19H23NO3. The molecule has 1 aliphatic carbocycles. The van der Waals surface area contributed by atoms with E-state index in [0.29, 0.717) is 12.0 Å². The molecule has 1 N–H and O–H groups in total. The van der Waals surface area contributed by atoms with E-state index in [1.54, 1.807) is 6.08 Å². The first-order valence-electron chi connectivity index (χ1n) is 8.43. The van der Waals surface area contributed by atoms with Gasteiger partial charge in [0, 0.05) is 18.2 Å². The Balaban J connectivity index is 1.72. The second-order valence-electron chi connectivity index (χ2n) is 6.55. The van der Waals surface area contributed by atoms with Gasteiger partial charge in [-0.1, -0.05) is 43.2 Å². The van der Waals surface area contributed by atoms with Gasteiger partial charge in [0.1, 0.15) is 0 Å². The summed E-state index contributed by atoms with van der Waals surface area (Å²) in [7, 11) is 0. The second kappa shape index (κ2) is 6.99. The Morgan fingerprint density at radius 3 is 2.61 bits per heavy atom. The third-order valence-electron chi connectivity index (χ3n) is 5.09. The molecule has 0 radical (unpaired) electrons. The molecule has 1 saturated carbocycles. The van der Waals surface area contributed by atoms with Gasteiger partial charge in [0.2, 0.25) is 5.91 Å². The maximum absolute atomic E-state index is 12.6. The van der Waals surface area contributed by atoms with Gasteiger partial charge in [-0.15, -0.1) is 0 Å². The van der Waals surface area contributed by atoms with Crippen molar-refractivity contribution in [1.82, 2.24) is 4.90 Å². The fourth-order valence-electron chi connectivity index (χ4n) is 3.92. The summed E-state index contributed by atoms with van der Waals surface area (Å²) in [6, 6.07) is 9.64. The Morgan fingerprint density at radius 1 is 1.13 bits per heavy atom. The predicted molar refractivity (Wildman–Crippen MR) is 88.7 cm³/mol. The number of nitrogens with zero attached hydrogens (tertiary/aromatic N) is 1. The van der Waals surface area contributed by atoms with Crippen LogP contribution in [0.15, 0.2) is 35.9 Å². The lowest BCUT2D eigenvalue weighted by molar-refractivity contribution is -0.137. The summed E-state index contributed by atoms with van der Waals surface area (Å²) in [6.45, 7) is 0.784. The summed E-state index contributed by atoms with van der Waals surface area (Å²) in [4.78, 5) is 26.1. The predicted octanol–water partition coefficient (Wildman–Crippen LogP) is 3.34. The molecule has 4 nitrogen and oxygen atoms in total. The van der Waals surface area contributed by atoms with E-state index in [2.05, 4.69) is 0 Å². The van der Waals surface area contributed by atoms with Crippen molar-refractivity contribution >= 4 is 18.0 Å². The summed E-state index contributed by atoms with van der Waals surface area (Å²) in [6.07, 6.45) is 7.37. The van der Waals surface area contributed by atoms with Crippen LogP contribution in [0.2, 0.25) is 0 Å². The van der Waals surface area contributed by atoms with Crippen molar-refractivity contribution in [2.24, 2.45) is 5.92 Å². The lowest BCUT2D eigenvalue weighted by Gasteiger charge is -2.31. The molecule has 0 aromatic heterocycles. The maximum Gasteiger partial charge on any atom is 0.332 e. The summed E-state index contributed by atoms with van der Waals surface area (Å²) < 4.78 is 0. The van der Waals surface area contributed by atoms with E-state index in [4.69, 9.17) is 0 Å². The zero-order chi connectivity index (χ0) is 16.2. The van der Waals surface area contributed by atoms with E-state index in [9.17, 15) is 14.7 Å². The first-order chi connectivity index (χ1) is 11.1. The highest BCUT2D eigenvalue weighted by atomic mass is 16.4. The molecule has 2 fully saturated rings. The molecule has 1 saturated heterocycles. The second-order valence-corrected chi connectivity index (χ2v) is 6.55. The molecule has 1 aromatic rings. The number of fused-ring (bicyclic) bond motifs is 1. The third kappa shape index (κ3) is 3.63. The minimum absolute atomic E-state index is 0.0204. The van der Waals surface area contributed by atoms with Gasteiger partial charge in [-0.25, -0.2) is 4.79 Å². The number of carbonyl (C=O) groups excluding carboxylic acids is 1. The van der Waals surface area contributed by atoms with Gasteiger partial charge < -0.3 is 10.0 Å². The van der Waals surface area contributed by atoms with Gasteiger partial charge in [0.25, 0.3) is 0 Å². The minimum atomic E-state index is -1.01. The van der Waals surface area contributed by atoms with Crippen LogP contribution in [0.1, 0.15) is 44.1 Å². The molecule has 1 amide bonds. The van der Waals surface area contributed by atoms with Crippen LogP contribution in [0.5, 0.6) is 0 Å². The van der Waals surface area contributed by atoms with Gasteiger partial charge in [-0.2, -0.15) is 0 Å². The standard InChI is InChI=1S/C19H23NO3/c21-18(20-11-10-15-8-4-5-9-17(15)20)13-16(19(22)23)12-14-6-2-1-3-7-14/h1-3,6-7,12,15,17H,4-5,8-11,13H2,(H,22,23)/t15-,17+/m1/s1. The average Bonchev–Trinajstić information content (AvgIpc) is 2.99.